The summed E-state index contributed by atoms with van der Waals surface area (Å²) in [5.74, 6) is 1.76. The van der Waals surface area contributed by atoms with Crippen molar-refractivity contribution in [3.8, 4) is 0 Å². The van der Waals surface area contributed by atoms with Gasteiger partial charge in [-0.1, -0.05) is 0 Å². The summed E-state index contributed by atoms with van der Waals surface area (Å²) < 4.78 is 5.03. The number of ether oxygens (including phenoxy) is 1. The van der Waals surface area contributed by atoms with Gasteiger partial charge in [0.2, 0.25) is 0 Å². The Morgan fingerprint density at radius 2 is 2.00 bits per heavy atom. The minimum absolute atomic E-state index is 0. The lowest BCUT2D eigenvalue weighted by Crippen LogP contribution is -2.39. The summed E-state index contributed by atoms with van der Waals surface area (Å²) in [5, 5.41) is 6.53. The molecule has 0 amide bonds. The lowest BCUT2D eigenvalue weighted by atomic mass is 9.94. The summed E-state index contributed by atoms with van der Waals surface area (Å²) in [7, 11) is 3.92. The quantitative estimate of drug-likeness (QED) is 0.296. The topological polar surface area (TPSA) is 48.9 Å². The zero-order valence-electron chi connectivity index (χ0n) is 13.2. The average Bonchev–Trinajstić information content (AvgIpc) is 2.41. The number of hydrogen-bond acceptors (Lipinski definition) is 3. The molecule has 1 aliphatic heterocycles. The van der Waals surface area contributed by atoms with E-state index in [1.54, 1.807) is 7.11 Å². The Bertz CT molecular complexity index is 256. The van der Waals surface area contributed by atoms with Crippen molar-refractivity contribution in [2.24, 2.45) is 10.9 Å². The van der Waals surface area contributed by atoms with Gasteiger partial charge in [-0.3, -0.25) is 4.99 Å². The van der Waals surface area contributed by atoms with E-state index >= 15 is 0 Å². The molecular formula is C14H31IN4O. The summed E-state index contributed by atoms with van der Waals surface area (Å²) in [6.07, 6.45) is 3.84. The lowest BCUT2D eigenvalue weighted by Gasteiger charge is -2.28. The zero-order valence-corrected chi connectivity index (χ0v) is 15.5. The molecule has 0 bridgehead atoms. The monoisotopic (exact) mass is 398 g/mol. The van der Waals surface area contributed by atoms with Gasteiger partial charge in [0, 0.05) is 26.7 Å². The van der Waals surface area contributed by atoms with Crippen LogP contribution in [0.2, 0.25) is 0 Å². The van der Waals surface area contributed by atoms with Gasteiger partial charge in [-0.2, -0.15) is 0 Å². The van der Waals surface area contributed by atoms with Gasteiger partial charge >= 0.3 is 0 Å². The first-order valence-corrected chi connectivity index (χ1v) is 7.46. The van der Waals surface area contributed by atoms with Gasteiger partial charge in [0.15, 0.2) is 5.96 Å². The van der Waals surface area contributed by atoms with Crippen LogP contribution >= 0.6 is 24.0 Å². The number of hydrogen-bond donors (Lipinski definition) is 2. The summed E-state index contributed by atoms with van der Waals surface area (Å²) >= 11 is 0. The van der Waals surface area contributed by atoms with Crippen molar-refractivity contribution in [2.75, 3.05) is 53.5 Å². The molecule has 120 valence electrons. The van der Waals surface area contributed by atoms with Crippen molar-refractivity contribution in [2.45, 2.75) is 26.2 Å². The van der Waals surface area contributed by atoms with Crippen molar-refractivity contribution in [3.05, 3.63) is 0 Å². The van der Waals surface area contributed by atoms with Crippen molar-refractivity contribution in [1.29, 1.82) is 0 Å². The van der Waals surface area contributed by atoms with Crippen LogP contribution in [-0.4, -0.2) is 64.3 Å². The molecule has 6 heteroatoms. The number of aliphatic imine (C=N–C) groups is 1. The predicted octanol–water partition coefficient (Wildman–Crippen LogP) is 1.54. The molecule has 2 N–H and O–H groups in total. The number of likely N-dealkylation sites (tertiary alicyclic amines) is 1. The maximum Gasteiger partial charge on any atom is 0.191 e. The molecule has 20 heavy (non-hydrogen) atoms. The fourth-order valence-corrected chi connectivity index (χ4v) is 2.32. The first-order valence-electron chi connectivity index (χ1n) is 7.46. The number of guanidine groups is 1. The van der Waals surface area contributed by atoms with Crippen LogP contribution in [0.5, 0.6) is 0 Å². The molecular weight excluding hydrogens is 367 g/mol. The van der Waals surface area contributed by atoms with E-state index in [0.29, 0.717) is 6.61 Å². The largest absolute Gasteiger partial charge is 0.383 e. The van der Waals surface area contributed by atoms with Crippen LogP contribution in [0, 0.1) is 5.92 Å². The normalized spacial score (nSPS) is 17.6. The zero-order chi connectivity index (χ0) is 13.9. The van der Waals surface area contributed by atoms with E-state index in [4.69, 9.17) is 4.74 Å². The molecule has 1 saturated heterocycles. The molecule has 1 fully saturated rings. The van der Waals surface area contributed by atoms with Crippen LogP contribution in [0.25, 0.3) is 0 Å². The van der Waals surface area contributed by atoms with Crippen molar-refractivity contribution in [3.63, 3.8) is 0 Å². The van der Waals surface area contributed by atoms with Crippen LogP contribution < -0.4 is 10.6 Å². The van der Waals surface area contributed by atoms with Gasteiger partial charge in [0.25, 0.3) is 0 Å². The van der Waals surface area contributed by atoms with Crippen LogP contribution in [0.15, 0.2) is 4.99 Å². The standard InChI is InChI=1S/C14H30N4O.HI/c1-4-15-14(17-9-12-19-3)16-8-5-13-6-10-18(2)11-7-13;/h13H,4-12H2,1-3H3,(H2,15,16,17);1H. The van der Waals surface area contributed by atoms with Crippen molar-refractivity contribution < 1.29 is 4.74 Å². The van der Waals surface area contributed by atoms with E-state index in [0.717, 1.165) is 31.5 Å². The molecule has 1 rings (SSSR count). The summed E-state index contributed by atoms with van der Waals surface area (Å²) in [6, 6.07) is 0. The minimum Gasteiger partial charge on any atom is -0.383 e. The van der Waals surface area contributed by atoms with Gasteiger partial charge in [0.1, 0.15) is 0 Å². The first kappa shape index (κ1) is 19.9. The maximum absolute atomic E-state index is 5.03. The van der Waals surface area contributed by atoms with Crippen LogP contribution in [-0.2, 0) is 4.74 Å². The summed E-state index contributed by atoms with van der Waals surface area (Å²) in [6.45, 7) is 7.88. The smallest absolute Gasteiger partial charge is 0.191 e. The van der Waals surface area contributed by atoms with E-state index in [1.807, 2.05) is 0 Å². The summed E-state index contributed by atoms with van der Waals surface area (Å²) in [5.41, 5.74) is 0. The fraction of sp³-hybridized carbons (Fsp3) is 0.929. The van der Waals surface area contributed by atoms with Gasteiger partial charge in [-0.15, -0.1) is 24.0 Å². The molecule has 0 radical (unpaired) electrons. The number of nitrogens with zero attached hydrogens (tertiary/aromatic N) is 2. The Kier molecular flexibility index (Phi) is 12.6. The molecule has 0 spiro atoms. The number of nitrogens with one attached hydrogen (secondary N) is 2. The highest BCUT2D eigenvalue weighted by Crippen LogP contribution is 2.19. The summed E-state index contributed by atoms with van der Waals surface area (Å²) in [4.78, 5) is 7.04. The number of halogens is 1. The second kappa shape index (κ2) is 12.6. The van der Waals surface area contributed by atoms with E-state index in [9.17, 15) is 0 Å². The number of methoxy groups -OCH3 is 1. The van der Waals surface area contributed by atoms with E-state index < -0.39 is 0 Å². The molecule has 0 saturated carbocycles. The Balaban J connectivity index is 0.00000361. The molecule has 0 unspecified atom stereocenters. The SMILES string of the molecule is CCNC(=NCCC1CCN(C)CC1)NCCOC.I. The van der Waals surface area contributed by atoms with Gasteiger partial charge in [-0.25, -0.2) is 0 Å². The average molecular weight is 398 g/mol. The third kappa shape index (κ3) is 8.97. The molecule has 0 aliphatic carbocycles. The highest BCUT2D eigenvalue weighted by molar-refractivity contribution is 14.0. The molecule has 0 aromatic rings. The van der Waals surface area contributed by atoms with E-state index in [2.05, 4.69) is 34.5 Å². The van der Waals surface area contributed by atoms with E-state index in [-0.39, 0.29) is 24.0 Å². The van der Waals surface area contributed by atoms with E-state index in [1.165, 1.54) is 32.4 Å². The second-order valence-electron chi connectivity index (χ2n) is 5.22. The number of piperidine rings is 1. The third-order valence-corrected chi connectivity index (χ3v) is 3.59. The van der Waals surface area contributed by atoms with Crippen molar-refractivity contribution in [1.82, 2.24) is 15.5 Å². The molecule has 0 atom stereocenters. The molecule has 1 aliphatic rings. The van der Waals surface area contributed by atoms with Crippen LogP contribution in [0.4, 0.5) is 0 Å². The Morgan fingerprint density at radius 1 is 1.30 bits per heavy atom. The van der Waals surface area contributed by atoms with Crippen LogP contribution in [0.3, 0.4) is 0 Å². The maximum atomic E-state index is 5.03. The lowest BCUT2D eigenvalue weighted by molar-refractivity contribution is 0.203. The second-order valence-corrected chi connectivity index (χ2v) is 5.22. The fourth-order valence-electron chi connectivity index (χ4n) is 2.32. The van der Waals surface area contributed by atoms with Gasteiger partial charge < -0.3 is 20.3 Å². The van der Waals surface area contributed by atoms with Crippen molar-refractivity contribution >= 4 is 29.9 Å². The third-order valence-electron chi connectivity index (χ3n) is 3.59. The molecule has 0 aromatic heterocycles. The highest BCUT2D eigenvalue weighted by Gasteiger charge is 2.15. The Labute approximate surface area is 140 Å². The Hall–Kier alpha value is -0.0800. The highest BCUT2D eigenvalue weighted by atomic mass is 127. The molecule has 5 nitrogen and oxygen atoms in total. The van der Waals surface area contributed by atoms with Gasteiger partial charge in [-0.05, 0) is 52.2 Å². The number of rotatable bonds is 7. The predicted molar refractivity (Wildman–Crippen MR) is 96.1 cm³/mol. The molecule has 0 aromatic carbocycles. The van der Waals surface area contributed by atoms with Gasteiger partial charge in [0.05, 0.1) is 6.61 Å². The first-order chi connectivity index (χ1) is 9.26. The minimum atomic E-state index is 0. The van der Waals surface area contributed by atoms with Crippen LogP contribution in [0.1, 0.15) is 26.2 Å². The Morgan fingerprint density at radius 3 is 2.60 bits per heavy atom. The molecule has 1 heterocycles.